The van der Waals surface area contributed by atoms with Crippen LogP contribution in [0.5, 0.6) is 0 Å². The Morgan fingerprint density at radius 1 is 1.86 bits per heavy atom. The average Bonchev–Trinajstić information content (AvgIpc) is 1.87. The molecular weight excluding hydrogens is 148 g/mol. The molecule has 2 nitrogen and oxygen atoms in total. The van der Waals surface area contributed by atoms with Crippen LogP contribution < -0.4 is 0 Å². The molecule has 0 unspecified atom stereocenters. The molecule has 5 heteroatoms. The second-order valence-corrected chi connectivity index (χ2v) is 3.19. The Bertz CT molecular complexity index is 199. The van der Waals surface area contributed by atoms with Gasteiger partial charge in [0, 0.05) is 0 Å². The van der Waals surface area contributed by atoms with Gasteiger partial charge in [-0.2, -0.15) is 5.10 Å². The fourth-order valence-electron chi connectivity index (χ4n) is 0.216. The molecule has 0 atom stereocenters. The van der Waals surface area contributed by atoms with E-state index in [0.717, 1.165) is 0 Å². The van der Waals surface area contributed by atoms with Crippen LogP contribution in [0.15, 0.2) is 4.34 Å². The first kappa shape index (κ1) is 5.14. The van der Waals surface area contributed by atoms with Gasteiger partial charge in [0.05, 0.1) is 3.95 Å². The lowest BCUT2D eigenvalue weighted by atomic mass is 11.6. The van der Waals surface area contributed by atoms with Gasteiger partial charge in [-0.15, -0.1) is 0 Å². The normalized spacial score (nSPS) is 9.14. The predicted molar refractivity (Wildman–Crippen MR) is 32.9 cm³/mol. The van der Waals surface area contributed by atoms with Crippen molar-refractivity contribution in [2.45, 2.75) is 4.34 Å². The summed E-state index contributed by atoms with van der Waals surface area (Å²) in [6.07, 6.45) is 0. The van der Waals surface area contributed by atoms with E-state index < -0.39 is 0 Å². The molecule has 0 bridgehead atoms. The highest BCUT2D eigenvalue weighted by molar-refractivity contribution is 7.74. The molecule has 0 saturated carbocycles. The van der Waals surface area contributed by atoms with Crippen molar-refractivity contribution in [3.63, 3.8) is 0 Å². The molecule has 1 aromatic heterocycles. The molecule has 0 aliphatic heterocycles. The maximum absolute atomic E-state index is 4.67. The third-order valence-corrected chi connectivity index (χ3v) is 1.64. The third kappa shape index (κ3) is 1.19. The van der Waals surface area contributed by atoms with Crippen LogP contribution in [0, 0.1) is 3.95 Å². The molecule has 38 valence electrons. The highest BCUT2D eigenvalue weighted by atomic mass is 32.2. The van der Waals surface area contributed by atoms with Crippen molar-refractivity contribution < 1.29 is 0 Å². The molecule has 0 amide bonds. The first-order valence-electron chi connectivity index (χ1n) is 1.51. The number of nitrogens with one attached hydrogen (secondary N) is 1. The zero-order chi connectivity index (χ0) is 5.28. The third-order valence-electron chi connectivity index (χ3n) is 0.418. The zero-order valence-electron chi connectivity index (χ0n) is 3.17. The van der Waals surface area contributed by atoms with E-state index in [1.54, 1.807) is 0 Å². The largest absolute Gasteiger partial charge is 0.406 e. The van der Waals surface area contributed by atoms with E-state index in [-0.39, 0.29) is 0 Å². The van der Waals surface area contributed by atoms with Crippen molar-refractivity contribution in [2.75, 3.05) is 0 Å². The first-order valence-corrected chi connectivity index (χ1v) is 3.15. The minimum Gasteiger partial charge on any atom is -0.406 e. The lowest BCUT2D eigenvalue weighted by molar-refractivity contribution is 1.01. The molecule has 7 heavy (non-hydrogen) atoms. The highest BCUT2D eigenvalue weighted by Crippen LogP contribution is 2.00. The van der Waals surface area contributed by atoms with E-state index in [2.05, 4.69) is 35.0 Å². The second-order valence-electron chi connectivity index (χ2n) is 0.879. The summed E-state index contributed by atoms with van der Waals surface area (Å²) < 4.78 is 1.22. The van der Waals surface area contributed by atoms with E-state index in [4.69, 9.17) is 0 Å². The first-order chi connectivity index (χ1) is 3.29. The van der Waals surface area contributed by atoms with Gasteiger partial charge < -0.3 is 24.0 Å². The fraction of sp³-hybridized carbons (Fsp3) is 0. The Kier molecular flexibility index (Phi) is 1.36. The smallest absolute Gasteiger partial charge is 0.0812 e. The van der Waals surface area contributed by atoms with Gasteiger partial charge in [-0.25, -0.2) is 0 Å². The summed E-state index contributed by atoms with van der Waals surface area (Å²) in [5.41, 5.74) is 0. The average molecular weight is 149 g/mol. The zero-order valence-corrected chi connectivity index (χ0v) is 5.62. The number of rotatable bonds is 0. The summed E-state index contributed by atoms with van der Waals surface area (Å²) in [5, 5.41) is 6.17. The monoisotopic (exact) mass is 149 g/mol. The Morgan fingerprint density at radius 3 is 2.71 bits per heavy atom. The van der Waals surface area contributed by atoms with Crippen LogP contribution in [0.1, 0.15) is 0 Å². The van der Waals surface area contributed by atoms with Crippen LogP contribution in [0.2, 0.25) is 0 Å². The number of H-pyrrole nitrogens is 1. The van der Waals surface area contributed by atoms with Gasteiger partial charge >= 0.3 is 0 Å². The van der Waals surface area contributed by atoms with Crippen LogP contribution in [0.3, 0.4) is 0 Å². The molecule has 1 heterocycles. The standard InChI is InChI=1S/C2H2N2S3/c5-1-3-4-2(6)7-1/h(H,3,5)(H,4,6)/p-1. The van der Waals surface area contributed by atoms with Gasteiger partial charge in [0.1, 0.15) is 0 Å². The van der Waals surface area contributed by atoms with E-state index in [1.807, 2.05) is 0 Å². The van der Waals surface area contributed by atoms with Crippen molar-refractivity contribution in [3.8, 4) is 0 Å². The summed E-state index contributed by atoms with van der Waals surface area (Å²) in [7, 11) is 0. The van der Waals surface area contributed by atoms with Gasteiger partial charge in [0.2, 0.25) is 0 Å². The Labute approximate surface area is 55.0 Å². The summed E-state index contributed by atoms with van der Waals surface area (Å²) in [6.45, 7) is 0. The molecule has 0 fully saturated rings. The summed E-state index contributed by atoms with van der Waals surface area (Å²) in [4.78, 5) is 0. The van der Waals surface area contributed by atoms with E-state index >= 15 is 0 Å². The van der Waals surface area contributed by atoms with Crippen LogP contribution in [0.4, 0.5) is 0 Å². The molecule has 1 N–H and O–H groups in total. The van der Waals surface area contributed by atoms with Crippen LogP contribution in [0.25, 0.3) is 0 Å². The molecule has 0 aliphatic rings. The van der Waals surface area contributed by atoms with Crippen molar-refractivity contribution in [2.24, 2.45) is 0 Å². The number of aromatic amines is 1. The number of aromatic nitrogens is 2. The van der Waals surface area contributed by atoms with Crippen molar-refractivity contribution in [3.05, 3.63) is 3.95 Å². The quantitative estimate of drug-likeness (QED) is 0.442. The van der Waals surface area contributed by atoms with Gasteiger partial charge in [-0.3, -0.25) is 5.10 Å². The minimum atomic E-state index is 0.574. The summed E-state index contributed by atoms with van der Waals surface area (Å²) in [6, 6.07) is 0. The molecule has 0 saturated heterocycles. The minimum absolute atomic E-state index is 0.574. The predicted octanol–water partition coefficient (Wildman–Crippen LogP) is 1.11. The van der Waals surface area contributed by atoms with Gasteiger partial charge in [-0.1, -0.05) is 12.2 Å². The molecule has 1 rings (SSSR count). The van der Waals surface area contributed by atoms with Gasteiger partial charge in [-0.05, 0) is 4.34 Å². The van der Waals surface area contributed by atoms with Crippen LogP contribution in [-0.4, -0.2) is 10.2 Å². The van der Waals surface area contributed by atoms with Crippen LogP contribution in [-0.2, 0) is 12.6 Å². The fourth-order valence-corrected chi connectivity index (χ4v) is 1.29. The van der Waals surface area contributed by atoms with Gasteiger partial charge in [0.25, 0.3) is 0 Å². The Balaban J connectivity index is 3.30. The molecule has 0 spiro atoms. The SMILES string of the molecule is S=c1[nH]nc([S-])s1. The maximum atomic E-state index is 4.67. The molecular formula is C2HN2S3-. The Morgan fingerprint density at radius 2 is 2.57 bits per heavy atom. The Hall–Kier alpha value is -0.0000000000000000555. The van der Waals surface area contributed by atoms with Gasteiger partial charge in [0.15, 0.2) is 0 Å². The molecule has 0 aromatic carbocycles. The molecule has 1 aromatic rings. The number of hydrogen-bond donors (Lipinski definition) is 1. The maximum Gasteiger partial charge on any atom is 0.0812 e. The van der Waals surface area contributed by atoms with Crippen molar-refractivity contribution >= 4 is 36.2 Å². The number of hydrogen-bond acceptors (Lipinski definition) is 4. The number of nitrogens with zero attached hydrogens (tertiary/aromatic N) is 1. The lowest BCUT2D eigenvalue weighted by Gasteiger charge is -1.79. The topological polar surface area (TPSA) is 28.7 Å². The van der Waals surface area contributed by atoms with Crippen molar-refractivity contribution in [1.29, 1.82) is 0 Å². The van der Waals surface area contributed by atoms with E-state index in [1.165, 1.54) is 11.3 Å². The van der Waals surface area contributed by atoms with Crippen LogP contribution >= 0.6 is 23.6 Å². The highest BCUT2D eigenvalue weighted by Gasteiger charge is 1.69. The lowest BCUT2D eigenvalue weighted by Crippen LogP contribution is -1.64. The van der Waals surface area contributed by atoms with Crippen molar-refractivity contribution in [1.82, 2.24) is 10.2 Å². The molecule has 0 aliphatic carbocycles. The second kappa shape index (κ2) is 1.85. The van der Waals surface area contributed by atoms with E-state index in [9.17, 15) is 0 Å². The summed E-state index contributed by atoms with van der Waals surface area (Å²) >= 11 is 10.6. The van der Waals surface area contributed by atoms with E-state index in [0.29, 0.717) is 8.29 Å². The molecule has 0 radical (unpaired) electrons. The summed E-state index contributed by atoms with van der Waals surface area (Å²) in [5.74, 6) is 0.